The average molecular weight is 401 g/mol. The SMILES string of the molecule is Cc1cc(Br)c(NC(C)c2c(O)cccc2O)c(Br)c1. The molecule has 0 bridgehead atoms. The molecule has 1 atom stereocenters. The summed E-state index contributed by atoms with van der Waals surface area (Å²) in [5.74, 6) is 0.147. The molecule has 1 unspecified atom stereocenters. The molecule has 5 heteroatoms. The lowest BCUT2D eigenvalue weighted by Gasteiger charge is -2.20. The van der Waals surface area contributed by atoms with Crippen LogP contribution in [0.4, 0.5) is 5.69 Å². The summed E-state index contributed by atoms with van der Waals surface area (Å²) in [4.78, 5) is 0. The number of benzene rings is 2. The van der Waals surface area contributed by atoms with Gasteiger partial charge in [-0.25, -0.2) is 0 Å². The van der Waals surface area contributed by atoms with Crippen LogP contribution in [0.25, 0.3) is 0 Å². The van der Waals surface area contributed by atoms with Crippen molar-refractivity contribution in [1.82, 2.24) is 0 Å². The van der Waals surface area contributed by atoms with Crippen LogP contribution in [0.5, 0.6) is 11.5 Å². The lowest BCUT2D eigenvalue weighted by Crippen LogP contribution is -2.08. The van der Waals surface area contributed by atoms with E-state index < -0.39 is 0 Å². The highest BCUT2D eigenvalue weighted by Crippen LogP contribution is 2.38. The Balaban J connectivity index is 2.35. The Labute approximate surface area is 134 Å². The summed E-state index contributed by atoms with van der Waals surface area (Å²) < 4.78 is 1.84. The molecule has 0 aliphatic carbocycles. The fourth-order valence-electron chi connectivity index (χ4n) is 2.11. The lowest BCUT2D eigenvalue weighted by atomic mass is 10.1. The zero-order valence-electron chi connectivity index (χ0n) is 11.1. The van der Waals surface area contributed by atoms with Gasteiger partial charge in [0.2, 0.25) is 0 Å². The highest BCUT2D eigenvalue weighted by molar-refractivity contribution is 9.11. The van der Waals surface area contributed by atoms with E-state index in [1.807, 2.05) is 26.0 Å². The Hall–Kier alpha value is -1.20. The summed E-state index contributed by atoms with van der Waals surface area (Å²) in [6.07, 6.45) is 0. The molecule has 0 fully saturated rings. The molecule has 2 aromatic rings. The van der Waals surface area contributed by atoms with Crippen LogP contribution < -0.4 is 5.32 Å². The van der Waals surface area contributed by atoms with Crippen LogP contribution in [0.3, 0.4) is 0 Å². The number of hydrogen-bond donors (Lipinski definition) is 3. The van der Waals surface area contributed by atoms with E-state index in [9.17, 15) is 10.2 Å². The van der Waals surface area contributed by atoms with Crippen LogP contribution in [0, 0.1) is 6.92 Å². The fourth-order valence-corrected chi connectivity index (χ4v) is 3.76. The van der Waals surface area contributed by atoms with Gasteiger partial charge in [0.15, 0.2) is 0 Å². The van der Waals surface area contributed by atoms with E-state index in [1.54, 1.807) is 18.2 Å². The molecule has 0 aliphatic rings. The molecule has 0 radical (unpaired) electrons. The Morgan fingerprint density at radius 2 is 1.55 bits per heavy atom. The second-order valence-electron chi connectivity index (χ2n) is 4.68. The molecule has 106 valence electrons. The third-order valence-corrected chi connectivity index (χ3v) is 4.29. The Bertz CT molecular complexity index is 601. The molecular formula is C15H15Br2NO2. The first-order valence-corrected chi connectivity index (χ1v) is 7.71. The summed E-state index contributed by atoms with van der Waals surface area (Å²) in [6.45, 7) is 3.89. The van der Waals surface area contributed by atoms with Gasteiger partial charge in [0, 0.05) is 8.95 Å². The average Bonchev–Trinajstić information content (AvgIpc) is 2.33. The van der Waals surface area contributed by atoms with Crippen LogP contribution in [0.15, 0.2) is 39.3 Å². The number of rotatable bonds is 3. The molecule has 0 saturated carbocycles. The summed E-state index contributed by atoms with van der Waals surface area (Å²) in [5, 5.41) is 23.1. The Morgan fingerprint density at radius 1 is 1.05 bits per heavy atom. The summed E-state index contributed by atoms with van der Waals surface area (Å²) in [6, 6.07) is 8.50. The molecule has 3 N–H and O–H groups in total. The van der Waals surface area contributed by atoms with Crippen molar-refractivity contribution in [3.8, 4) is 11.5 Å². The molecule has 0 aliphatic heterocycles. The van der Waals surface area contributed by atoms with Crippen LogP contribution in [-0.2, 0) is 0 Å². The maximum atomic E-state index is 9.90. The van der Waals surface area contributed by atoms with Crippen molar-refractivity contribution in [3.63, 3.8) is 0 Å². The van der Waals surface area contributed by atoms with Gasteiger partial charge < -0.3 is 15.5 Å². The van der Waals surface area contributed by atoms with E-state index in [-0.39, 0.29) is 17.5 Å². The number of hydrogen-bond acceptors (Lipinski definition) is 3. The minimum absolute atomic E-state index is 0.0735. The maximum absolute atomic E-state index is 9.90. The quantitative estimate of drug-likeness (QED) is 0.671. The first-order chi connectivity index (χ1) is 9.40. The van der Waals surface area contributed by atoms with Crippen molar-refractivity contribution in [3.05, 3.63) is 50.4 Å². The second-order valence-corrected chi connectivity index (χ2v) is 6.39. The third-order valence-electron chi connectivity index (χ3n) is 3.04. The smallest absolute Gasteiger partial charge is 0.124 e. The van der Waals surface area contributed by atoms with Crippen molar-refractivity contribution in [2.24, 2.45) is 0 Å². The largest absolute Gasteiger partial charge is 0.507 e. The monoisotopic (exact) mass is 399 g/mol. The molecule has 0 aromatic heterocycles. The van der Waals surface area contributed by atoms with Crippen LogP contribution in [0.2, 0.25) is 0 Å². The molecule has 2 aromatic carbocycles. The highest BCUT2D eigenvalue weighted by Gasteiger charge is 2.17. The molecule has 3 nitrogen and oxygen atoms in total. The maximum Gasteiger partial charge on any atom is 0.124 e. The predicted octanol–water partition coefficient (Wildman–Crippen LogP) is 5.10. The number of phenols is 2. The molecule has 0 amide bonds. The van der Waals surface area contributed by atoms with Crippen molar-refractivity contribution in [2.45, 2.75) is 19.9 Å². The summed E-state index contributed by atoms with van der Waals surface area (Å²) in [7, 11) is 0. The van der Waals surface area contributed by atoms with Crippen LogP contribution in [-0.4, -0.2) is 10.2 Å². The lowest BCUT2D eigenvalue weighted by molar-refractivity contribution is 0.434. The highest BCUT2D eigenvalue weighted by atomic mass is 79.9. The van der Waals surface area contributed by atoms with Gasteiger partial charge in [-0.1, -0.05) is 6.07 Å². The van der Waals surface area contributed by atoms with Gasteiger partial charge in [0.25, 0.3) is 0 Å². The van der Waals surface area contributed by atoms with E-state index in [2.05, 4.69) is 37.2 Å². The first kappa shape index (κ1) is 15.2. The standard InChI is InChI=1S/C15H15Br2NO2/c1-8-6-10(16)15(11(17)7-8)18-9(2)14-12(19)4-3-5-13(14)20/h3-7,9,18-20H,1-2H3. The Kier molecular flexibility index (Phi) is 4.60. The number of halogens is 2. The van der Waals surface area contributed by atoms with Crippen molar-refractivity contribution in [2.75, 3.05) is 5.32 Å². The van der Waals surface area contributed by atoms with Gasteiger partial charge in [0.05, 0.1) is 17.3 Å². The van der Waals surface area contributed by atoms with E-state index in [1.165, 1.54) is 0 Å². The van der Waals surface area contributed by atoms with Gasteiger partial charge in [-0.15, -0.1) is 0 Å². The van der Waals surface area contributed by atoms with Crippen molar-refractivity contribution >= 4 is 37.5 Å². The zero-order valence-corrected chi connectivity index (χ0v) is 14.3. The topological polar surface area (TPSA) is 52.5 Å². The summed E-state index contributed by atoms with van der Waals surface area (Å²) >= 11 is 7.04. The molecule has 20 heavy (non-hydrogen) atoms. The van der Waals surface area contributed by atoms with Gasteiger partial charge in [-0.2, -0.15) is 0 Å². The Morgan fingerprint density at radius 3 is 2.05 bits per heavy atom. The molecular weight excluding hydrogens is 386 g/mol. The molecule has 0 spiro atoms. The number of phenolic OH excluding ortho intramolecular Hbond substituents is 2. The minimum atomic E-state index is -0.244. The number of aromatic hydroxyl groups is 2. The molecule has 2 rings (SSSR count). The molecule has 0 saturated heterocycles. The van der Waals surface area contributed by atoms with E-state index in [0.29, 0.717) is 5.56 Å². The van der Waals surface area contributed by atoms with Crippen LogP contribution >= 0.6 is 31.9 Å². The summed E-state index contributed by atoms with van der Waals surface area (Å²) in [5.41, 5.74) is 2.49. The van der Waals surface area contributed by atoms with Crippen LogP contribution in [0.1, 0.15) is 24.1 Å². The number of aryl methyl sites for hydroxylation is 1. The van der Waals surface area contributed by atoms with E-state index >= 15 is 0 Å². The molecule has 0 heterocycles. The zero-order chi connectivity index (χ0) is 14.9. The number of anilines is 1. The first-order valence-electron chi connectivity index (χ1n) is 6.13. The predicted molar refractivity (Wildman–Crippen MR) is 88.4 cm³/mol. The van der Waals surface area contributed by atoms with E-state index in [4.69, 9.17) is 0 Å². The normalized spacial score (nSPS) is 12.2. The number of nitrogens with one attached hydrogen (secondary N) is 1. The van der Waals surface area contributed by atoms with Gasteiger partial charge >= 0.3 is 0 Å². The minimum Gasteiger partial charge on any atom is -0.507 e. The van der Waals surface area contributed by atoms with Gasteiger partial charge in [-0.3, -0.25) is 0 Å². The van der Waals surface area contributed by atoms with Gasteiger partial charge in [-0.05, 0) is 75.5 Å². The van der Waals surface area contributed by atoms with Crippen molar-refractivity contribution < 1.29 is 10.2 Å². The van der Waals surface area contributed by atoms with Crippen molar-refractivity contribution in [1.29, 1.82) is 0 Å². The fraction of sp³-hybridized carbons (Fsp3) is 0.200. The second kappa shape index (κ2) is 6.06. The third kappa shape index (κ3) is 3.10. The van der Waals surface area contributed by atoms with Gasteiger partial charge in [0.1, 0.15) is 11.5 Å². The van der Waals surface area contributed by atoms with E-state index in [0.717, 1.165) is 20.2 Å².